The van der Waals surface area contributed by atoms with E-state index in [1.807, 2.05) is 6.20 Å². The highest BCUT2D eigenvalue weighted by molar-refractivity contribution is 5.78. The molecule has 154 valence electrons. The summed E-state index contributed by atoms with van der Waals surface area (Å²) in [7, 11) is 0. The Hall–Kier alpha value is -2.70. The monoisotopic (exact) mass is 397 g/mol. The van der Waals surface area contributed by atoms with Crippen LogP contribution in [0.1, 0.15) is 56.4 Å². The third-order valence-corrected chi connectivity index (χ3v) is 5.59. The second-order valence-electron chi connectivity index (χ2n) is 7.96. The van der Waals surface area contributed by atoms with Crippen molar-refractivity contribution in [1.29, 1.82) is 0 Å². The summed E-state index contributed by atoms with van der Waals surface area (Å²) >= 11 is 0. The van der Waals surface area contributed by atoms with Crippen LogP contribution < -0.4 is 16.0 Å². The van der Waals surface area contributed by atoms with Crippen LogP contribution in [0.2, 0.25) is 0 Å². The molecule has 1 amide bonds. The predicted octanol–water partition coefficient (Wildman–Crippen LogP) is 4.35. The number of hydrogen-bond donors (Lipinski definition) is 3. The van der Waals surface area contributed by atoms with Gasteiger partial charge in [0.1, 0.15) is 11.6 Å². The van der Waals surface area contributed by atoms with Crippen molar-refractivity contribution in [2.75, 3.05) is 23.7 Å². The van der Waals surface area contributed by atoms with Gasteiger partial charge in [0.2, 0.25) is 11.9 Å². The molecule has 0 bridgehead atoms. The van der Waals surface area contributed by atoms with Crippen molar-refractivity contribution in [3.8, 4) is 0 Å². The molecule has 3 N–H and O–H groups in total. The summed E-state index contributed by atoms with van der Waals surface area (Å²) in [6, 6.07) is 6.25. The minimum Gasteiger partial charge on any atom is -0.370 e. The first-order valence-corrected chi connectivity index (χ1v) is 10.6. The Balaban J connectivity index is 1.31. The molecule has 2 saturated carbocycles. The zero-order valence-corrected chi connectivity index (χ0v) is 16.6. The lowest BCUT2D eigenvalue weighted by Crippen LogP contribution is -2.30. The van der Waals surface area contributed by atoms with Gasteiger partial charge in [-0.15, -0.1) is 0 Å². The number of amides is 1. The van der Waals surface area contributed by atoms with Gasteiger partial charge in [-0.05, 0) is 56.2 Å². The minimum absolute atomic E-state index is 0.199. The van der Waals surface area contributed by atoms with E-state index in [1.54, 1.807) is 12.1 Å². The van der Waals surface area contributed by atoms with E-state index >= 15 is 0 Å². The van der Waals surface area contributed by atoms with Gasteiger partial charge in [-0.25, -0.2) is 9.37 Å². The number of carbonyl (C=O) groups is 1. The van der Waals surface area contributed by atoms with Crippen molar-refractivity contribution in [2.45, 2.75) is 50.9 Å². The third kappa shape index (κ3) is 5.43. The Morgan fingerprint density at radius 2 is 1.97 bits per heavy atom. The molecule has 2 aliphatic carbocycles. The SMILES string of the molecule is O=C(NCCCNc1nc(Nc2cccc(F)c2)ncc1C1CC1)C1CCCC1. The molecule has 0 radical (unpaired) electrons. The van der Waals surface area contributed by atoms with E-state index in [1.165, 1.54) is 25.0 Å². The normalized spacial score (nSPS) is 16.6. The molecule has 6 nitrogen and oxygen atoms in total. The topological polar surface area (TPSA) is 78.9 Å². The maximum Gasteiger partial charge on any atom is 0.229 e. The van der Waals surface area contributed by atoms with Crippen LogP contribution in [-0.4, -0.2) is 29.0 Å². The maximum atomic E-state index is 13.4. The summed E-state index contributed by atoms with van der Waals surface area (Å²) in [5, 5.41) is 9.51. The Morgan fingerprint density at radius 3 is 2.72 bits per heavy atom. The summed E-state index contributed by atoms with van der Waals surface area (Å²) in [4.78, 5) is 21.1. The van der Waals surface area contributed by atoms with Gasteiger partial charge in [-0.2, -0.15) is 4.98 Å². The second kappa shape index (κ2) is 9.20. The van der Waals surface area contributed by atoms with Crippen LogP contribution in [0, 0.1) is 11.7 Å². The van der Waals surface area contributed by atoms with Crippen LogP contribution in [0.3, 0.4) is 0 Å². The van der Waals surface area contributed by atoms with Gasteiger partial charge in [0.15, 0.2) is 0 Å². The highest BCUT2D eigenvalue weighted by atomic mass is 19.1. The van der Waals surface area contributed by atoms with Crippen LogP contribution in [0.25, 0.3) is 0 Å². The molecule has 2 aromatic rings. The van der Waals surface area contributed by atoms with Gasteiger partial charge in [-0.1, -0.05) is 18.9 Å². The van der Waals surface area contributed by atoms with Gasteiger partial charge < -0.3 is 16.0 Å². The van der Waals surface area contributed by atoms with Crippen molar-refractivity contribution < 1.29 is 9.18 Å². The number of hydrogen-bond acceptors (Lipinski definition) is 5. The van der Waals surface area contributed by atoms with Crippen molar-refractivity contribution in [3.05, 3.63) is 41.8 Å². The molecule has 7 heteroatoms. The number of nitrogens with one attached hydrogen (secondary N) is 3. The second-order valence-corrected chi connectivity index (χ2v) is 7.96. The zero-order valence-electron chi connectivity index (χ0n) is 16.6. The van der Waals surface area contributed by atoms with Gasteiger partial charge in [0, 0.05) is 36.5 Å². The van der Waals surface area contributed by atoms with E-state index in [2.05, 4.69) is 25.9 Å². The molecule has 2 fully saturated rings. The van der Waals surface area contributed by atoms with Gasteiger partial charge in [0.05, 0.1) is 0 Å². The molecular formula is C22H28FN5O. The number of aromatic nitrogens is 2. The third-order valence-electron chi connectivity index (χ3n) is 5.59. The molecule has 0 atom stereocenters. The lowest BCUT2D eigenvalue weighted by molar-refractivity contribution is -0.124. The standard InChI is InChI=1S/C22H28FN5O/c23-17-7-3-8-18(13-17)27-22-26-14-19(15-9-10-15)20(28-22)24-11-4-12-25-21(29)16-5-1-2-6-16/h3,7-8,13-16H,1-2,4-6,9-12H2,(H,25,29)(H2,24,26,27,28). The summed E-state index contributed by atoms with van der Waals surface area (Å²) in [6.45, 7) is 1.39. The molecule has 0 spiro atoms. The van der Waals surface area contributed by atoms with Crippen LogP contribution in [0.4, 0.5) is 21.8 Å². The summed E-state index contributed by atoms with van der Waals surface area (Å²) in [5.74, 6) is 1.89. The molecular weight excluding hydrogens is 369 g/mol. The predicted molar refractivity (Wildman–Crippen MR) is 112 cm³/mol. The first-order valence-electron chi connectivity index (χ1n) is 10.6. The van der Waals surface area contributed by atoms with E-state index in [0.29, 0.717) is 24.1 Å². The molecule has 4 rings (SSSR count). The fourth-order valence-electron chi connectivity index (χ4n) is 3.82. The molecule has 0 unspecified atom stereocenters. The first-order chi connectivity index (χ1) is 14.2. The molecule has 1 heterocycles. The fourth-order valence-corrected chi connectivity index (χ4v) is 3.82. The van der Waals surface area contributed by atoms with E-state index in [4.69, 9.17) is 0 Å². The first kappa shape index (κ1) is 19.6. The van der Waals surface area contributed by atoms with E-state index in [0.717, 1.165) is 50.0 Å². The van der Waals surface area contributed by atoms with E-state index in [9.17, 15) is 9.18 Å². The molecule has 0 saturated heterocycles. The summed E-state index contributed by atoms with van der Waals surface area (Å²) in [6.07, 6.45) is 9.40. The lowest BCUT2D eigenvalue weighted by Gasteiger charge is -2.14. The molecule has 1 aromatic carbocycles. The van der Waals surface area contributed by atoms with Crippen molar-refractivity contribution in [1.82, 2.24) is 15.3 Å². The summed E-state index contributed by atoms with van der Waals surface area (Å²) in [5.41, 5.74) is 1.74. The Bertz CT molecular complexity index is 849. The molecule has 2 aliphatic rings. The van der Waals surface area contributed by atoms with E-state index in [-0.39, 0.29) is 17.6 Å². The average Bonchev–Trinajstić information content (AvgIpc) is 3.40. The molecule has 29 heavy (non-hydrogen) atoms. The lowest BCUT2D eigenvalue weighted by atomic mass is 10.1. The Morgan fingerprint density at radius 1 is 1.14 bits per heavy atom. The Kier molecular flexibility index (Phi) is 6.22. The molecule has 0 aliphatic heterocycles. The summed E-state index contributed by atoms with van der Waals surface area (Å²) < 4.78 is 13.4. The number of carbonyl (C=O) groups excluding carboxylic acids is 1. The van der Waals surface area contributed by atoms with Crippen LogP contribution in [-0.2, 0) is 4.79 Å². The van der Waals surface area contributed by atoms with E-state index < -0.39 is 0 Å². The number of rotatable bonds is 9. The maximum absolute atomic E-state index is 13.4. The van der Waals surface area contributed by atoms with Gasteiger partial charge >= 0.3 is 0 Å². The van der Waals surface area contributed by atoms with Gasteiger partial charge in [0.25, 0.3) is 0 Å². The number of anilines is 3. The molecule has 1 aromatic heterocycles. The number of benzene rings is 1. The number of halogens is 1. The highest BCUT2D eigenvalue weighted by Gasteiger charge is 2.27. The largest absolute Gasteiger partial charge is 0.370 e. The minimum atomic E-state index is -0.303. The van der Waals surface area contributed by atoms with Crippen LogP contribution in [0.5, 0.6) is 0 Å². The smallest absolute Gasteiger partial charge is 0.229 e. The fraction of sp³-hybridized carbons (Fsp3) is 0.500. The number of nitrogens with zero attached hydrogens (tertiary/aromatic N) is 2. The Labute approximate surface area is 170 Å². The van der Waals surface area contributed by atoms with Crippen molar-refractivity contribution in [2.24, 2.45) is 5.92 Å². The van der Waals surface area contributed by atoms with Crippen molar-refractivity contribution >= 4 is 23.4 Å². The van der Waals surface area contributed by atoms with Crippen LogP contribution in [0.15, 0.2) is 30.5 Å². The van der Waals surface area contributed by atoms with Gasteiger partial charge in [-0.3, -0.25) is 4.79 Å². The highest BCUT2D eigenvalue weighted by Crippen LogP contribution is 2.42. The average molecular weight is 397 g/mol. The quantitative estimate of drug-likeness (QED) is 0.549. The van der Waals surface area contributed by atoms with Crippen molar-refractivity contribution in [3.63, 3.8) is 0 Å². The van der Waals surface area contributed by atoms with Crippen LogP contribution >= 0.6 is 0 Å². The zero-order chi connectivity index (χ0) is 20.1.